The van der Waals surface area contributed by atoms with Crippen molar-refractivity contribution in [2.24, 2.45) is 11.8 Å². The summed E-state index contributed by atoms with van der Waals surface area (Å²) in [5.74, 6) is -1.76. The van der Waals surface area contributed by atoms with Gasteiger partial charge in [0.05, 0.1) is 11.8 Å². The predicted octanol–water partition coefficient (Wildman–Crippen LogP) is 0.735. The molecule has 18 heavy (non-hydrogen) atoms. The topological polar surface area (TPSA) is 75.6 Å². The predicted molar refractivity (Wildman–Crippen MR) is 68.5 cm³/mol. The minimum atomic E-state index is -0.860. The van der Waals surface area contributed by atoms with E-state index < -0.39 is 11.9 Å². The van der Waals surface area contributed by atoms with Gasteiger partial charge in [-0.1, -0.05) is 0 Å². The normalized spacial score (nSPS) is 29.6. The maximum atomic E-state index is 11.8. The Morgan fingerprint density at radius 3 is 2.56 bits per heavy atom. The molecule has 0 aromatic heterocycles. The lowest BCUT2D eigenvalue weighted by atomic mass is 9.99. The Kier molecular flexibility index (Phi) is 4.17. The Morgan fingerprint density at radius 1 is 1.39 bits per heavy atom. The zero-order valence-electron chi connectivity index (χ0n) is 10.5. The highest BCUT2D eigenvalue weighted by Gasteiger charge is 2.48. The summed E-state index contributed by atoms with van der Waals surface area (Å²) < 4.78 is 5.40. The van der Waals surface area contributed by atoms with Crippen molar-refractivity contribution in [3.05, 3.63) is 0 Å². The Balaban J connectivity index is 1.80. The van der Waals surface area contributed by atoms with Gasteiger partial charge in [0.1, 0.15) is 0 Å². The maximum Gasteiger partial charge on any atom is 0.307 e. The lowest BCUT2D eigenvalue weighted by Crippen LogP contribution is -2.44. The molecule has 2 N–H and O–H groups in total. The molecule has 2 aliphatic rings. The van der Waals surface area contributed by atoms with E-state index in [2.05, 4.69) is 11.6 Å². The van der Waals surface area contributed by atoms with Crippen LogP contribution in [-0.4, -0.2) is 47.7 Å². The number of carbonyl (C=O) groups excluding carboxylic acids is 1. The Labute approximate surface area is 111 Å². The Hall–Kier alpha value is -0.750. The van der Waals surface area contributed by atoms with E-state index in [0.717, 1.165) is 26.1 Å². The highest BCUT2D eigenvalue weighted by atomic mass is 32.2. The fourth-order valence-corrected chi connectivity index (χ4v) is 3.12. The molecule has 6 heteroatoms. The van der Waals surface area contributed by atoms with Crippen LogP contribution in [0.3, 0.4) is 0 Å². The van der Waals surface area contributed by atoms with Crippen LogP contribution in [0.25, 0.3) is 0 Å². The number of thioether (sulfide) groups is 1. The summed E-state index contributed by atoms with van der Waals surface area (Å²) in [5.41, 5.74) is 0. The number of carbonyl (C=O) groups is 2. The van der Waals surface area contributed by atoms with E-state index in [1.807, 2.05) is 0 Å². The van der Waals surface area contributed by atoms with Gasteiger partial charge in [0.25, 0.3) is 0 Å². The van der Waals surface area contributed by atoms with Crippen molar-refractivity contribution in [1.29, 1.82) is 0 Å². The largest absolute Gasteiger partial charge is 0.481 e. The van der Waals surface area contributed by atoms with Crippen LogP contribution in [0.4, 0.5) is 0 Å². The first-order chi connectivity index (χ1) is 8.58. The van der Waals surface area contributed by atoms with Crippen molar-refractivity contribution in [1.82, 2.24) is 5.32 Å². The number of carboxylic acid groups (broad SMARTS) is 1. The average molecular weight is 273 g/mol. The number of aliphatic carboxylic acids is 1. The second-order valence-electron chi connectivity index (χ2n) is 5.00. The third kappa shape index (κ3) is 2.98. The smallest absolute Gasteiger partial charge is 0.307 e. The summed E-state index contributed by atoms with van der Waals surface area (Å²) in [6, 6.07) is 0. The van der Waals surface area contributed by atoms with Crippen molar-refractivity contribution in [2.45, 2.75) is 24.0 Å². The van der Waals surface area contributed by atoms with E-state index in [4.69, 9.17) is 9.84 Å². The van der Waals surface area contributed by atoms with Crippen LogP contribution in [0.2, 0.25) is 0 Å². The highest BCUT2D eigenvalue weighted by molar-refractivity contribution is 8.00. The van der Waals surface area contributed by atoms with Crippen molar-refractivity contribution >= 4 is 23.6 Å². The number of carboxylic acids is 1. The molecule has 0 aromatic carbocycles. The van der Waals surface area contributed by atoms with Crippen LogP contribution in [0.1, 0.15) is 19.3 Å². The molecule has 1 aliphatic carbocycles. The van der Waals surface area contributed by atoms with Crippen molar-refractivity contribution in [3.8, 4) is 0 Å². The van der Waals surface area contributed by atoms with Crippen molar-refractivity contribution in [2.75, 3.05) is 26.0 Å². The number of hydrogen-bond donors (Lipinski definition) is 2. The molecule has 1 saturated carbocycles. The first kappa shape index (κ1) is 13.7. The minimum absolute atomic E-state index is 0.0571. The number of rotatable bonds is 5. The van der Waals surface area contributed by atoms with Gasteiger partial charge in [0.15, 0.2) is 0 Å². The van der Waals surface area contributed by atoms with Crippen molar-refractivity contribution in [3.63, 3.8) is 0 Å². The van der Waals surface area contributed by atoms with Crippen LogP contribution in [-0.2, 0) is 14.3 Å². The molecule has 0 radical (unpaired) electrons. The SMILES string of the molecule is CSC1(CNC(=O)C2CC2C(=O)O)CCOCC1. The molecule has 0 aromatic rings. The molecule has 0 bridgehead atoms. The quantitative estimate of drug-likeness (QED) is 0.772. The monoisotopic (exact) mass is 273 g/mol. The number of nitrogens with one attached hydrogen (secondary N) is 1. The van der Waals surface area contributed by atoms with Gasteiger partial charge in [-0.15, -0.1) is 0 Å². The van der Waals surface area contributed by atoms with E-state index in [9.17, 15) is 9.59 Å². The van der Waals surface area contributed by atoms with Gasteiger partial charge < -0.3 is 15.2 Å². The fourth-order valence-electron chi connectivity index (χ4n) is 2.33. The standard InChI is InChI=1S/C12H19NO4S/c1-18-12(2-4-17-5-3-12)7-13-10(14)8-6-9(8)11(15)16/h8-9H,2-7H2,1H3,(H,13,14)(H,15,16). The molecule has 1 saturated heterocycles. The van der Waals surface area contributed by atoms with Gasteiger partial charge in [-0.3, -0.25) is 9.59 Å². The van der Waals surface area contributed by atoms with Crippen LogP contribution < -0.4 is 5.32 Å². The van der Waals surface area contributed by atoms with E-state index in [1.54, 1.807) is 11.8 Å². The van der Waals surface area contributed by atoms with E-state index in [-0.39, 0.29) is 16.6 Å². The maximum absolute atomic E-state index is 11.8. The lowest BCUT2D eigenvalue weighted by Gasteiger charge is -2.35. The summed E-state index contributed by atoms with van der Waals surface area (Å²) in [6.45, 7) is 2.08. The zero-order valence-corrected chi connectivity index (χ0v) is 11.3. The van der Waals surface area contributed by atoms with Gasteiger partial charge in [-0.25, -0.2) is 0 Å². The number of hydrogen-bond acceptors (Lipinski definition) is 4. The molecule has 1 amide bonds. The highest BCUT2D eigenvalue weighted by Crippen LogP contribution is 2.39. The van der Waals surface area contributed by atoms with E-state index >= 15 is 0 Å². The molecule has 2 atom stereocenters. The summed E-state index contributed by atoms with van der Waals surface area (Å²) >= 11 is 1.76. The zero-order chi connectivity index (χ0) is 13.2. The summed E-state index contributed by atoms with van der Waals surface area (Å²) in [5, 5.41) is 11.7. The molecular weight excluding hydrogens is 254 g/mol. The molecule has 2 unspecified atom stereocenters. The number of ether oxygens (including phenoxy) is 1. The molecule has 2 fully saturated rings. The summed E-state index contributed by atoms with van der Waals surface area (Å²) in [6.07, 6.45) is 4.40. The second kappa shape index (κ2) is 5.48. The Morgan fingerprint density at radius 2 is 2.06 bits per heavy atom. The van der Waals surface area contributed by atoms with Crippen LogP contribution in [0, 0.1) is 11.8 Å². The van der Waals surface area contributed by atoms with E-state index in [1.165, 1.54) is 0 Å². The number of amides is 1. The molecule has 0 spiro atoms. The molecule has 2 rings (SSSR count). The van der Waals surface area contributed by atoms with Gasteiger partial charge in [-0.05, 0) is 25.5 Å². The Bertz CT molecular complexity index is 341. The first-order valence-corrected chi connectivity index (χ1v) is 7.44. The molecule has 1 aliphatic heterocycles. The minimum Gasteiger partial charge on any atom is -0.481 e. The lowest BCUT2D eigenvalue weighted by molar-refractivity contribution is -0.140. The van der Waals surface area contributed by atoms with Crippen LogP contribution in [0.5, 0.6) is 0 Å². The third-order valence-corrected chi connectivity index (χ3v) is 5.28. The van der Waals surface area contributed by atoms with Crippen LogP contribution >= 0.6 is 11.8 Å². The second-order valence-corrected chi connectivity index (χ2v) is 6.28. The third-order valence-electron chi connectivity index (χ3n) is 3.87. The van der Waals surface area contributed by atoms with Gasteiger partial charge in [-0.2, -0.15) is 11.8 Å². The fraction of sp³-hybridized carbons (Fsp3) is 0.833. The average Bonchev–Trinajstić information content (AvgIpc) is 3.17. The van der Waals surface area contributed by atoms with Crippen molar-refractivity contribution < 1.29 is 19.4 Å². The molecule has 5 nitrogen and oxygen atoms in total. The first-order valence-electron chi connectivity index (χ1n) is 6.21. The van der Waals surface area contributed by atoms with Gasteiger partial charge in [0.2, 0.25) is 5.91 Å². The van der Waals surface area contributed by atoms with E-state index in [0.29, 0.717) is 13.0 Å². The molecule has 102 valence electrons. The van der Waals surface area contributed by atoms with Gasteiger partial charge in [0, 0.05) is 24.5 Å². The molecular formula is C12H19NO4S. The van der Waals surface area contributed by atoms with Crippen LogP contribution in [0.15, 0.2) is 0 Å². The van der Waals surface area contributed by atoms with Gasteiger partial charge >= 0.3 is 5.97 Å². The summed E-state index contributed by atoms with van der Waals surface area (Å²) in [7, 11) is 0. The summed E-state index contributed by atoms with van der Waals surface area (Å²) in [4.78, 5) is 22.5. The molecule has 1 heterocycles.